The molecule has 0 radical (unpaired) electrons. The zero-order chi connectivity index (χ0) is 12.1. The van der Waals surface area contributed by atoms with E-state index in [2.05, 4.69) is 18.4 Å². The third kappa shape index (κ3) is 4.33. The molecular weight excluding hydrogens is 222 g/mol. The lowest BCUT2D eigenvalue weighted by molar-refractivity contribution is -0.148. The van der Waals surface area contributed by atoms with Gasteiger partial charge >= 0.3 is 5.97 Å². The van der Waals surface area contributed by atoms with Crippen molar-refractivity contribution in [3.63, 3.8) is 0 Å². The molecule has 0 saturated heterocycles. The first kappa shape index (κ1) is 13.2. The van der Waals surface area contributed by atoms with Crippen molar-refractivity contribution in [3.05, 3.63) is 21.9 Å². The highest BCUT2D eigenvalue weighted by Gasteiger charge is 2.11. The summed E-state index contributed by atoms with van der Waals surface area (Å²) in [5.74, 6) is -0.160. The summed E-state index contributed by atoms with van der Waals surface area (Å²) in [5.41, 5.74) is 1.29. The molecule has 0 amide bonds. The number of thiophene rings is 1. The van der Waals surface area contributed by atoms with E-state index in [0.717, 1.165) is 6.54 Å². The van der Waals surface area contributed by atoms with Crippen LogP contribution in [0.1, 0.15) is 24.3 Å². The molecule has 3 nitrogen and oxygen atoms in total. The maximum Gasteiger partial charge on any atom is 0.320 e. The molecular formula is C12H19NO2S. The first-order valence-electron chi connectivity index (χ1n) is 5.40. The molecule has 1 aromatic heterocycles. The number of hydrogen-bond donors (Lipinski definition) is 0. The van der Waals surface area contributed by atoms with E-state index in [9.17, 15) is 4.79 Å². The van der Waals surface area contributed by atoms with Crippen molar-refractivity contribution in [2.45, 2.75) is 33.4 Å². The van der Waals surface area contributed by atoms with E-state index in [1.54, 1.807) is 11.3 Å². The van der Waals surface area contributed by atoms with Crippen molar-refractivity contribution in [2.75, 3.05) is 13.6 Å². The summed E-state index contributed by atoms with van der Waals surface area (Å²) in [6.07, 6.45) is -0.0376. The number of aryl methyl sites for hydroxylation is 1. The van der Waals surface area contributed by atoms with Crippen molar-refractivity contribution < 1.29 is 9.53 Å². The van der Waals surface area contributed by atoms with Gasteiger partial charge in [-0.2, -0.15) is 0 Å². The maximum atomic E-state index is 11.4. The van der Waals surface area contributed by atoms with E-state index >= 15 is 0 Å². The van der Waals surface area contributed by atoms with Crippen molar-refractivity contribution >= 4 is 17.3 Å². The molecule has 0 bridgehead atoms. The Morgan fingerprint density at radius 1 is 1.56 bits per heavy atom. The van der Waals surface area contributed by atoms with Crippen molar-refractivity contribution in [1.82, 2.24) is 4.90 Å². The number of likely N-dealkylation sites (N-methyl/N-ethyl adjacent to an activating group) is 1. The van der Waals surface area contributed by atoms with Gasteiger partial charge in [0.1, 0.15) is 0 Å². The van der Waals surface area contributed by atoms with E-state index in [0.29, 0.717) is 6.54 Å². The van der Waals surface area contributed by atoms with Crippen LogP contribution in [0.25, 0.3) is 0 Å². The molecule has 0 atom stereocenters. The Morgan fingerprint density at radius 2 is 2.25 bits per heavy atom. The Kier molecular flexibility index (Phi) is 4.96. The van der Waals surface area contributed by atoms with Crippen LogP contribution in [-0.4, -0.2) is 30.6 Å². The van der Waals surface area contributed by atoms with Gasteiger partial charge in [-0.05, 0) is 44.8 Å². The molecule has 1 rings (SSSR count). The largest absolute Gasteiger partial charge is 0.462 e. The minimum Gasteiger partial charge on any atom is -0.462 e. The Bertz CT molecular complexity index is 347. The highest BCUT2D eigenvalue weighted by molar-refractivity contribution is 7.10. The molecule has 0 N–H and O–H groups in total. The summed E-state index contributed by atoms with van der Waals surface area (Å²) in [5, 5.41) is 2.07. The fraction of sp³-hybridized carbons (Fsp3) is 0.583. The van der Waals surface area contributed by atoms with Crippen LogP contribution < -0.4 is 0 Å². The van der Waals surface area contributed by atoms with Gasteiger partial charge in [0.2, 0.25) is 0 Å². The molecule has 16 heavy (non-hydrogen) atoms. The Balaban J connectivity index is 2.39. The average molecular weight is 241 g/mol. The standard InChI is InChI=1S/C12H19NO2S/c1-9(2)15-12(14)8-13(4)7-11-10(3)5-6-16-11/h5-6,9H,7-8H2,1-4H3. The van der Waals surface area contributed by atoms with Crippen LogP contribution in [0.2, 0.25) is 0 Å². The Morgan fingerprint density at radius 3 is 2.75 bits per heavy atom. The lowest BCUT2D eigenvalue weighted by Crippen LogP contribution is -2.28. The summed E-state index contributed by atoms with van der Waals surface area (Å²) in [4.78, 5) is 14.7. The number of carbonyl (C=O) groups excluding carboxylic acids is 1. The average Bonchev–Trinajstić information content (AvgIpc) is 2.49. The highest BCUT2D eigenvalue weighted by atomic mass is 32.1. The number of carbonyl (C=O) groups is 1. The van der Waals surface area contributed by atoms with Crippen LogP contribution in [0.3, 0.4) is 0 Å². The van der Waals surface area contributed by atoms with E-state index < -0.39 is 0 Å². The minimum atomic E-state index is -0.160. The van der Waals surface area contributed by atoms with Crippen LogP contribution >= 0.6 is 11.3 Å². The second-order valence-corrected chi connectivity index (χ2v) is 5.24. The van der Waals surface area contributed by atoms with Gasteiger partial charge in [0.15, 0.2) is 0 Å². The van der Waals surface area contributed by atoms with Crippen LogP contribution in [0, 0.1) is 6.92 Å². The molecule has 90 valence electrons. The number of hydrogen-bond acceptors (Lipinski definition) is 4. The zero-order valence-electron chi connectivity index (χ0n) is 10.3. The zero-order valence-corrected chi connectivity index (χ0v) is 11.1. The van der Waals surface area contributed by atoms with E-state index in [-0.39, 0.29) is 12.1 Å². The summed E-state index contributed by atoms with van der Waals surface area (Å²) in [6, 6.07) is 2.10. The molecule has 1 aromatic rings. The van der Waals surface area contributed by atoms with E-state index in [1.165, 1.54) is 10.4 Å². The van der Waals surface area contributed by atoms with Gasteiger partial charge in [-0.3, -0.25) is 9.69 Å². The van der Waals surface area contributed by atoms with Crippen LogP contribution in [0.5, 0.6) is 0 Å². The molecule has 0 aromatic carbocycles. The van der Waals surface area contributed by atoms with Crippen LogP contribution in [0.4, 0.5) is 0 Å². The topological polar surface area (TPSA) is 29.5 Å². The smallest absolute Gasteiger partial charge is 0.320 e. The molecule has 0 aliphatic rings. The number of ether oxygens (including phenoxy) is 1. The molecule has 0 unspecified atom stereocenters. The predicted octanol–water partition coefficient (Wildman–Crippen LogP) is 2.44. The van der Waals surface area contributed by atoms with Crippen LogP contribution in [0.15, 0.2) is 11.4 Å². The molecule has 0 fully saturated rings. The fourth-order valence-corrected chi connectivity index (χ4v) is 2.37. The molecule has 0 spiro atoms. The van der Waals surface area contributed by atoms with Gasteiger partial charge in [-0.15, -0.1) is 11.3 Å². The van der Waals surface area contributed by atoms with Gasteiger partial charge in [-0.1, -0.05) is 0 Å². The Hall–Kier alpha value is -0.870. The summed E-state index contributed by atoms with van der Waals surface area (Å²) >= 11 is 1.73. The normalized spacial score (nSPS) is 11.1. The summed E-state index contributed by atoms with van der Waals surface area (Å²) in [6.45, 7) is 6.96. The maximum absolute atomic E-state index is 11.4. The lowest BCUT2D eigenvalue weighted by Gasteiger charge is -2.16. The van der Waals surface area contributed by atoms with Crippen LogP contribution in [-0.2, 0) is 16.1 Å². The molecule has 0 aliphatic carbocycles. The van der Waals surface area contributed by atoms with Gasteiger partial charge < -0.3 is 4.74 Å². The molecule has 4 heteroatoms. The fourth-order valence-electron chi connectivity index (χ4n) is 1.39. The Labute approximate surface area is 101 Å². The third-order valence-corrected chi connectivity index (χ3v) is 3.16. The number of nitrogens with zero attached hydrogens (tertiary/aromatic N) is 1. The second-order valence-electron chi connectivity index (χ2n) is 4.24. The van der Waals surface area contributed by atoms with E-state index in [1.807, 2.05) is 25.8 Å². The SMILES string of the molecule is Cc1ccsc1CN(C)CC(=O)OC(C)C. The van der Waals surface area contributed by atoms with Gasteiger partial charge in [0.25, 0.3) is 0 Å². The number of rotatable bonds is 5. The summed E-state index contributed by atoms with van der Waals surface area (Å²) < 4.78 is 5.09. The summed E-state index contributed by atoms with van der Waals surface area (Å²) in [7, 11) is 1.93. The first-order valence-corrected chi connectivity index (χ1v) is 6.28. The molecule has 0 saturated carbocycles. The predicted molar refractivity (Wildman–Crippen MR) is 66.6 cm³/mol. The lowest BCUT2D eigenvalue weighted by atomic mass is 10.3. The third-order valence-electron chi connectivity index (χ3n) is 2.15. The van der Waals surface area contributed by atoms with Gasteiger partial charge in [0, 0.05) is 11.4 Å². The quantitative estimate of drug-likeness (QED) is 0.742. The second kappa shape index (κ2) is 6.01. The van der Waals surface area contributed by atoms with Crippen molar-refractivity contribution in [2.24, 2.45) is 0 Å². The minimum absolute atomic E-state index is 0.0376. The molecule has 1 heterocycles. The molecule has 0 aliphatic heterocycles. The van der Waals surface area contributed by atoms with Crippen molar-refractivity contribution in [1.29, 1.82) is 0 Å². The van der Waals surface area contributed by atoms with Gasteiger partial charge in [-0.25, -0.2) is 0 Å². The monoisotopic (exact) mass is 241 g/mol. The highest BCUT2D eigenvalue weighted by Crippen LogP contribution is 2.16. The van der Waals surface area contributed by atoms with Gasteiger partial charge in [0.05, 0.1) is 12.6 Å². The van der Waals surface area contributed by atoms with Crippen molar-refractivity contribution in [3.8, 4) is 0 Å². The number of esters is 1. The first-order chi connectivity index (χ1) is 7.49. The van der Waals surface area contributed by atoms with E-state index in [4.69, 9.17) is 4.74 Å².